The Hall–Kier alpha value is -2.17. The van der Waals surface area contributed by atoms with Crippen LogP contribution in [0.2, 0.25) is 0 Å². The highest BCUT2D eigenvalue weighted by Crippen LogP contribution is 2.04. The van der Waals surface area contributed by atoms with Crippen LogP contribution in [0.5, 0.6) is 0 Å². The average molecular weight is 234 g/mol. The molecule has 5 nitrogen and oxygen atoms in total. The van der Waals surface area contributed by atoms with Crippen LogP contribution < -0.4 is 5.32 Å². The molecular formula is C12H14N2O3. The van der Waals surface area contributed by atoms with Crippen molar-refractivity contribution in [2.75, 3.05) is 0 Å². The number of aliphatic carboxylic acids is 1. The van der Waals surface area contributed by atoms with Gasteiger partial charge in [-0.25, -0.2) is 4.79 Å². The summed E-state index contributed by atoms with van der Waals surface area (Å²) in [7, 11) is 0. The van der Waals surface area contributed by atoms with Crippen molar-refractivity contribution in [3.05, 3.63) is 41.2 Å². The fourth-order valence-electron chi connectivity index (χ4n) is 1.15. The molecule has 90 valence electrons. The average Bonchev–Trinajstić information content (AvgIpc) is 2.35. The van der Waals surface area contributed by atoms with Gasteiger partial charge in [-0.2, -0.15) is 0 Å². The van der Waals surface area contributed by atoms with Gasteiger partial charge >= 0.3 is 5.97 Å². The lowest BCUT2D eigenvalue weighted by Crippen LogP contribution is -2.25. The molecule has 0 atom stereocenters. The van der Waals surface area contributed by atoms with E-state index in [1.54, 1.807) is 24.5 Å². The Morgan fingerprint density at radius 1 is 1.24 bits per heavy atom. The molecule has 0 aliphatic carbocycles. The Balaban J connectivity index is 2.62. The lowest BCUT2D eigenvalue weighted by Gasteiger charge is -2.06. The van der Waals surface area contributed by atoms with Crippen LogP contribution in [0.4, 0.5) is 0 Å². The van der Waals surface area contributed by atoms with E-state index >= 15 is 0 Å². The van der Waals surface area contributed by atoms with Crippen LogP contribution in [-0.4, -0.2) is 22.0 Å². The van der Waals surface area contributed by atoms with E-state index in [2.05, 4.69) is 10.3 Å². The molecule has 0 unspecified atom stereocenters. The standard InChI is InChI=1S/C12H14N2O3/c1-8(9(2)12(16)17)11(15)14-7-10-3-5-13-6-4-10/h3-6H,7H2,1-2H3,(H,14,15)(H,16,17). The van der Waals surface area contributed by atoms with Gasteiger partial charge in [0.15, 0.2) is 0 Å². The summed E-state index contributed by atoms with van der Waals surface area (Å²) in [5, 5.41) is 11.4. The fraction of sp³-hybridized carbons (Fsp3) is 0.250. The number of nitrogens with one attached hydrogen (secondary N) is 1. The quantitative estimate of drug-likeness (QED) is 0.765. The number of carboxylic acid groups (broad SMARTS) is 1. The van der Waals surface area contributed by atoms with Gasteiger partial charge in [-0.05, 0) is 31.5 Å². The highest BCUT2D eigenvalue weighted by molar-refractivity contribution is 6.01. The van der Waals surface area contributed by atoms with E-state index in [0.717, 1.165) is 5.56 Å². The van der Waals surface area contributed by atoms with E-state index in [-0.39, 0.29) is 17.1 Å². The van der Waals surface area contributed by atoms with Gasteiger partial charge < -0.3 is 10.4 Å². The molecule has 0 aromatic carbocycles. The summed E-state index contributed by atoms with van der Waals surface area (Å²) in [6.07, 6.45) is 3.26. The largest absolute Gasteiger partial charge is 0.478 e. The molecule has 2 N–H and O–H groups in total. The van der Waals surface area contributed by atoms with Crippen LogP contribution >= 0.6 is 0 Å². The Bertz CT molecular complexity index is 452. The normalized spacial score (nSPS) is 11.6. The van der Waals surface area contributed by atoms with E-state index in [1.165, 1.54) is 13.8 Å². The highest BCUT2D eigenvalue weighted by Gasteiger charge is 2.11. The first-order chi connectivity index (χ1) is 8.02. The molecule has 1 rings (SSSR count). The van der Waals surface area contributed by atoms with Crippen LogP contribution in [0.3, 0.4) is 0 Å². The number of pyridine rings is 1. The Morgan fingerprint density at radius 2 is 1.82 bits per heavy atom. The summed E-state index contributed by atoms with van der Waals surface area (Å²) in [4.78, 5) is 26.1. The fourth-order valence-corrected chi connectivity index (χ4v) is 1.15. The second-order valence-corrected chi connectivity index (χ2v) is 3.59. The van der Waals surface area contributed by atoms with Crippen molar-refractivity contribution in [3.8, 4) is 0 Å². The van der Waals surface area contributed by atoms with Crippen molar-refractivity contribution >= 4 is 11.9 Å². The second kappa shape index (κ2) is 5.79. The molecule has 17 heavy (non-hydrogen) atoms. The Kier molecular flexibility index (Phi) is 4.39. The summed E-state index contributed by atoms with van der Waals surface area (Å²) < 4.78 is 0. The molecule has 1 aromatic rings. The van der Waals surface area contributed by atoms with Gasteiger partial charge in [-0.15, -0.1) is 0 Å². The lowest BCUT2D eigenvalue weighted by molar-refractivity contribution is -0.133. The van der Waals surface area contributed by atoms with Crippen LogP contribution in [0, 0.1) is 0 Å². The third-order valence-electron chi connectivity index (χ3n) is 2.43. The number of carboxylic acids is 1. The third-order valence-corrected chi connectivity index (χ3v) is 2.43. The predicted octanol–water partition coefficient (Wildman–Crippen LogP) is 1.12. The first-order valence-electron chi connectivity index (χ1n) is 5.10. The summed E-state index contributed by atoms with van der Waals surface area (Å²) in [5.41, 5.74) is 1.18. The second-order valence-electron chi connectivity index (χ2n) is 3.59. The van der Waals surface area contributed by atoms with E-state index in [4.69, 9.17) is 5.11 Å². The topological polar surface area (TPSA) is 79.3 Å². The van der Waals surface area contributed by atoms with E-state index in [0.29, 0.717) is 6.54 Å². The Labute approximate surface area is 99.2 Å². The van der Waals surface area contributed by atoms with Crippen LogP contribution in [0.15, 0.2) is 35.7 Å². The van der Waals surface area contributed by atoms with Crippen LogP contribution in [-0.2, 0) is 16.1 Å². The minimum absolute atomic E-state index is 0.0530. The Morgan fingerprint density at radius 3 is 2.35 bits per heavy atom. The van der Waals surface area contributed by atoms with Gasteiger partial charge in [-0.1, -0.05) is 0 Å². The first-order valence-corrected chi connectivity index (χ1v) is 5.10. The van der Waals surface area contributed by atoms with Crippen molar-refractivity contribution in [1.29, 1.82) is 0 Å². The smallest absolute Gasteiger partial charge is 0.331 e. The number of carbonyl (C=O) groups is 2. The zero-order valence-electron chi connectivity index (χ0n) is 9.73. The number of nitrogens with zero attached hydrogens (tertiary/aromatic N) is 1. The van der Waals surface area contributed by atoms with E-state index in [1.807, 2.05) is 0 Å². The summed E-state index contributed by atoms with van der Waals surface area (Å²) in [6.45, 7) is 3.25. The van der Waals surface area contributed by atoms with Gasteiger partial charge in [0.05, 0.1) is 0 Å². The van der Waals surface area contributed by atoms with Gasteiger partial charge in [0.1, 0.15) is 0 Å². The van der Waals surface area contributed by atoms with Crippen molar-refractivity contribution in [1.82, 2.24) is 10.3 Å². The minimum Gasteiger partial charge on any atom is -0.478 e. The molecule has 0 aliphatic rings. The highest BCUT2D eigenvalue weighted by atomic mass is 16.4. The molecule has 0 saturated carbocycles. The molecule has 0 fully saturated rings. The number of aromatic nitrogens is 1. The minimum atomic E-state index is -1.08. The number of hydrogen-bond donors (Lipinski definition) is 2. The number of rotatable bonds is 4. The summed E-state index contributed by atoms with van der Waals surface area (Å²) in [5.74, 6) is -1.46. The molecule has 0 saturated heterocycles. The number of carbonyl (C=O) groups excluding carboxylic acids is 1. The summed E-state index contributed by atoms with van der Waals surface area (Å²) >= 11 is 0. The van der Waals surface area contributed by atoms with Crippen molar-refractivity contribution in [2.24, 2.45) is 0 Å². The van der Waals surface area contributed by atoms with E-state index < -0.39 is 5.97 Å². The van der Waals surface area contributed by atoms with Gasteiger partial charge in [0, 0.05) is 30.1 Å². The van der Waals surface area contributed by atoms with Crippen LogP contribution in [0.1, 0.15) is 19.4 Å². The number of hydrogen-bond acceptors (Lipinski definition) is 3. The molecule has 1 amide bonds. The van der Waals surface area contributed by atoms with Gasteiger partial charge in [0.25, 0.3) is 0 Å². The maximum absolute atomic E-state index is 11.6. The number of amides is 1. The monoisotopic (exact) mass is 234 g/mol. The molecule has 0 aliphatic heterocycles. The summed E-state index contributed by atoms with van der Waals surface area (Å²) in [6, 6.07) is 3.56. The van der Waals surface area contributed by atoms with Crippen molar-refractivity contribution < 1.29 is 14.7 Å². The molecule has 1 heterocycles. The maximum Gasteiger partial charge on any atom is 0.331 e. The molecular weight excluding hydrogens is 220 g/mol. The van der Waals surface area contributed by atoms with E-state index in [9.17, 15) is 9.59 Å². The third kappa shape index (κ3) is 3.71. The van der Waals surface area contributed by atoms with Crippen LogP contribution in [0.25, 0.3) is 0 Å². The predicted molar refractivity (Wildman–Crippen MR) is 62.1 cm³/mol. The maximum atomic E-state index is 11.6. The van der Waals surface area contributed by atoms with Gasteiger partial charge in [0.2, 0.25) is 5.91 Å². The first kappa shape index (κ1) is 12.9. The zero-order chi connectivity index (χ0) is 12.8. The van der Waals surface area contributed by atoms with Crippen molar-refractivity contribution in [2.45, 2.75) is 20.4 Å². The molecule has 1 aromatic heterocycles. The van der Waals surface area contributed by atoms with Gasteiger partial charge in [-0.3, -0.25) is 9.78 Å². The lowest BCUT2D eigenvalue weighted by atomic mass is 10.1. The molecule has 0 bridgehead atoms. The SMILES string of the molecule is CC(C(=O)O)=C(C)C(=O)NCc1ccncc1. The zero-order valence-corrected chi connectivity index (χ0v) is 9.73. The van der Waals surface area contributed by atoms with Crippen molar-refractivity contribution in [3.63, 3.8) is 0 Å². The molecule has 0 radical (unpaired) electrons. The molecule has 0 spiro atoms. The molecule has 5 heteroatoms.